The van der Waals surface area contributed by atoms with E-state index >= 15 is 0 Å². The van der Waals surface area contributed by atoms with Crippen molar-refractivity contribution in [2.75, 3.05) is 0 Å². The van der Waals surface area contributed by atoms with E-state index in [0.29, 0.717) is 0 Å². The Morgan fingerprint density at radius 2 is 1.81 bits per heavy atom. The van der Waals surface area contributed by atoms with Crippen LogP contribution in [-0.2, 0) is 5.54 Å². The first-order valence-electron chi connectivity index (χ1n) is 5.97. The lowest BCUT2D eigenvalue weighted by Gasteiger charge is -2.25. The maximum atomic E-state index is 6.33. The van der Waals surface area contributed by atoms with Crippen molar-refractivity contribution in [1.82, 2.24) is 0 Å². The van der Waals surface area contributed by atoms with Crippen molar-refractivity contribution in [2.45, 2.75) is 45.6 Å². The van der Waals surface area contributed by atoms with Crippen LogP contribution in [0.3, 0.4) is 0 Å². The summed E-state index contributed by atoms with van der Waals surface area (Å²) in [4.78, 5) is 0. The normalized spacial score (nSPS) is 15.1. The number of hydrogen-bond donors (Lipinski definition) is 1. The fraction of sp³-hybridized carbons (Fsp3) is 0.571. The Labute approximate surface area is 104 Å². The molecule has 1 atom stereocenters. The van der Waals surface area contributed by atoms with Crippen molar-refractivity contribution in [2.24, 2.45) is 11.7 Å². The molecule has 0 aromatic heterocycles. The highest BCUT2D eigenvalue weighted by molar-refractivity contribution is 6.30. The third-order valence-corrected chi connectivity index (χ3v) is 3.23. The molecule has 1 aromatic carbocycles. The summed E-state index contributed by atoms with van der Waals surface area (Å²) in [7, 11) is 0. The molecule has 0 radical (unpaired) electrons. The second-order valence-electron chi connectivity index (χ2n) is 5.21. The Bertz CT molecular complexity index is 314. The van der Waals surface area contributed by atoms with Gasteiger partial charge in [-0.2, -0.15) is 0 Å². The first-order valence-corrected chi connectivity index (χ1v) is 6.34. The van der Waals surface area contributed by atoms with Crippen molar-refractivity contribution >= 4 is 11.6 Å². The van der Waals surface area contributed by atoms with Gasteiger partial charge in [-0.25, -0.2) is 0 Å². The lowest BCUT2D eigenvalue weighted by atomic mass is 9.87. The van der Waals surface area contributed by atoms with Crippen LogP contribution in [0.2, 0.25) is 5.02 Å². The van der Waals surface area contributed by atoms with Gasteiger partial charge in [0.15, 0.2) is 0 Å². The number of hydrogen-bond acceptors (Lipinski definition) is 1. The fourth-order valence-corrected chi connectivity index (χ4v) is 1.98. The van der Waals surface area contributed by atoms with Crippen molar-refractivity contribution in [3.05, 3.63) is 34.9 Å². The third-order valence-electron chi connectivity index (χ3n) is 2.98. The summed E-state index contributed by atoms with van der Waals surface area (Å²) in [5, 5.41) is 0.765. The zero-order valence-corrected chi connectivity index (χ0v) is 11.2. The molecule has 0 aliphatic carbocycles. The highest BCUT2D eigenvalue weighted by atomic mass is 35.5. The minimum Gasteiger partial charge on any atom is -0.322 e. The molecule has 0 bridgehead atoms. The van der Waals surface area contributed by atoms with Crippen LogP contribution in [0.5, 0.6) is 0 Å². The Balaban J connectivity index is 2.59. The summed E-state index contributed by atoms with van der Waals surface area (Å²) >= 11 is 5.87. The summed E-state index contributed by atoms with van der Waals surface area (Å²) in [6, 6.07) is 7.87. The molecular formula is C14H22ClN. The van der Waals surface area contributed by atoms with Crippen LogP contribution in [0.4, 0.5) is 0 Å². The molecule has 0 heterocycles. The zero-order valence-electron chi connectivity index (χ0n) is 10.5. The van der Waals surface area contributed by atoms with Crippen LogP contribution in [0.25, 0.3) is 0 Å². The van der Waals surface area contributed by atoms with Gasteiger partial charge in [0.2, 0.25) is 0 Å². The van der Waals surface area contributed by atoms with Gasteiger partial charge in [0.05, 0.1) is 0 Å². The van der Waals surface area contributed by atoms with Crippen molar-refractivity contribution < 1.29 is 0 Å². The van der Waals surface area contributed by atoms with Gasteiger partial charge in [-0.3, -0.25) is 0 Å². The van der Waals surface area contributed by atoms with E-state index in [9.17, 15) is 0 Å². The van der Waals surface area contributed by atoms with Gasteiger partial charge >= 0.3 is 0 Å². The molecule has 0 saturated carbocycles. The molecule has 0 saturated heterocycles. The Morgan fingerprint density at radius 3 is 2.31 bits per heavy atom. The van der Waals surface area contributed by atoms with E-state index in [0.717, 1.165) is 17.4 Å². The topological polar surface area (TPSA) is 26.0 Å². The van der Waals surface area contributed by atoms with E-state index < -0.39 is 0 Å². The molecule has 90 valence electrons. The first-order chi connectivity index (χ1) is 7.42. The maximum Gasteiger partial charge on any atom is 0.0406 e. The van der Waals surface area contributed by atoms with E-state index in [1.165, 1.54) is 18.4 Å². The number of nitrogens with two attached hydrogens (primary N) is 1. The summed E-state index contributed by atoms with van der Waals surface area (Å²) in [5.74, 6) is 0.751. The van der Waals surface area contributed by atoms with Crippen LogP contribution in [0.15, 0.2) is 24.3 Å². The SMILES string of the molecule is CC(C)CCCC(C)(N)c1ccc(Cl)cc1. The zero-order chi connectivity index (χ0) is 12.2. The lowest BCUT2D eigenvalue weighted by Crippen LogP contribution is -2.32. The first kappa shape index (κ1) is 13.5. The monoisotopic (exact) mass is 239 g/mol. The second kappa shape index (κ2) is 5.70. The molecule has 2 heteroatoms. The highest BCUT2D eigenvalue weighted by Gasteiger charge is 2.20. The number of rotatable bonds is 5. The predicted molar refractivity (Wildman–Crippen MR) is 71.7 cm³/mol. The molecule has 0 aliphatic rings. The van der Waals surface area contributed by atoms with Crippen LogP contribution in [0.1, 0.15) is 45.6 Å². The molecule has 1 nitrogen and oxygen atoms in total. The number of halogens is 1. The van der Waals surface area contributed by atoms with E-state index in [-0.39, 0.29) is 5.54 Å². The van der Waals surface area contributed by atoms with E-state index in [4.69, 9.17) is 17.3 Å². The van der Waals surface area contributed by atoms with E-state index in [1.54, 1.807) is 0 Å². The van der Waals surface area contributed by atoms with Gasteiger partial charge in [-0.15, -0.1) is 0 Å². The average Bonchev–Trinajstić information content (AvgIpc) is 2.17. The van der Waals surface area contributed by atoms with Gasteiger partial charge in [-0.1, -0.05) is 50.4 Å². The average molecular weight is 240 g/mol. The second-order valence-corrected chi connectivity index (χ2v) is 5.65. The van der Waals surface area contributed by atoms with Crippen LogP contribution in [-0.4, -0.2) is 0 Å². The van der Waals surface area contributed by atoms with Crippen molar-refractivity contribution in [3.8, 4) is 0 Å². The molecule has 0 aliphatic heterocycles. The van der Waals surface area contributed by atoms with Crippen molar-refractivity contribution in [3.63, 3.8) is 0 Å². The van der Waals surface area contributed by atoms with Gasteiger partial charge in [-0.05, 0) is 37.0 Å². The van der Waals surface area contributed by atoms with Crippen molar-refractivity contribution in [1.29, 1.82) is 0 Å². The molecule has 1 aromatic rings. The molecule has 2 N–H and O–H groups in total. The minimum absolute atomic E-state index is 0.237. The molecule has 16 heavy (non-hydrogen) atoms. The van der Waals surface area contributed by atoms with Gasteiger partial charge in [0, 0.05) is 10.6 Å². The summed E-state index contributed by atoms with van der Waals surface area (Å²) < 4.78 is 0. The summed E-state index contributed by atoms with van der Waals surface area (Å²) in [5.41, 5.74) is 7.26. The predicted octanol–water partition coefficient (Wildman–Crippen LogP) is 4.34. The minimum atomic E-state index is -0.237. The summed E-state index contributed by atoms with van der Waals surface area (Å²) in [6.07, 6.45) is 3.43. The Hall–Kier alpha value is -0.530. The molecular weight excluding hydrogens is 218 g/mol. The molecule has 0 amide bonds. The third kappa shape index (κ3) is 4.15. The number of benzene rings is 1. The fourth-order valence-electron chi connectivity index (χ4n) is 1.85. The van der Waals surface area contributed by atoms with Gasteiger partial charge in [0.1, 0.15) is 0 Å². The molecule has 0 fully saturated rings. The highest BCUT2D eigenvalue weighted by Crippen LogP contribution is 2.26. The largest absolute Gasteiger partial charge is 0.322 e. The molecule has 1 unspecified atom stereocenters. The lowest BCUT2D eigenvalue weighted by molar-refractivity contribution is 0.406. The molecule has 0 spiro atoms. The quantitative estimate of drug-likeness (QED) is 0.813. The summed E-state index contributed by atoms with van der Waals surface area (Å²) in [6.45, 7) is 6.59. The van der Waals surface area contributed by atoms with Crippen LogP contribution < -0.4 is 5.73 Å². The Morgan fingerprint density at radius 1 is 1.25 bits per heavy atom. The van der Waals surface area contributed by atoms with Gasteiger partial charge in [0.25, 0.3) is 0 Å². The standard InChI is InChI=1S/C14H22ClN/c1-11(2)5-4-10-14(3,16)12-6-8-13(15)9-7-12/h6-9,11H,4-5,10,16H2,1-3H3. The Kier molecular flexibility index (Phi) is 4.82. The molecule has 1 rings (SSSR count). The van der Waals surface area contributed by atoms with Gasteiger partial charge < -0.3 is 5.73 Å². The smallest absolute Gasteiger partial charge is 0.0406 e. The maximum absolute atomic E-state index is 6.33. The van der Waals surface area contributed by atoms with Crippen LogP contribution >= 0.6 is 11.6 Å². The van der Waals surface area contributed by atoms with Crippen LogP contribution in [0, 0.1) is 5.92 Å². The van der Waals surface area contributed by atoms with E-state index in [2.05, 4.69) is 20.8 Å². The van der Waals surface area contributed by atoms with E-state index in [1.807, 2.05) is 24.3 Å².